The Morgan fingerprint density at radius 3 is 2.62 bits per heavy atom. The Morgan fingerprint density at radius 1 is 1.38 bits per heavy atom. The van der Waals surface area contributed by atoms with Gasteiger partial charge in [0, 0.05) is 21.8 Å². The number of H-pyrrole nitrogens is 1. The fourth-order valence-corrected chi connectivity index (χ4v) is 1.78. The van der Waals surface area contributed by atoms with Crippen molar-refractivity contribution in [3.63, 3.8) is 0 Å². The Bertz CT molecular complexity index is 504. The molecule has 2 aromatic rings. The van der Waals surface area contributed by atoms with Crippen molar-refractivity contribution in [2.24, 2.45) is 0 Å². The third-order valence-corrected chi connectivity index (χ3v) is 2.92. The third-order valence-electron chi connectivity index (χ3n) is 2.05. The van der Waals surface area contributed by atoms with Crippen molar-refractivity contribution in [3.05, 3.63) is 46.1 Å². The highest BCUT2D eigenvalue weighted by Crippen LogP contribution is 2.13. The van der Waals surface area contributed by atoms with Crippen LogP contribution in [0.3, 0.4) is 0 Å². The quantitative estimate of drug-likeness (QED) is 0.836. The van der Waals surface area contributed by atoms with E-state index in [1.165, 1.54) is 0 Å². The van der Waals surface area contributed by atoms with E-state index in [-0.39, 0.29) is 0 Å². The van der Waals surface area contributed by atoms with Crippen molar-refractivity contribution in [3.8, 4) is 0 Å². The fraction of sp³-hybridized carbons (Fsp3) is 0.0909. The predicted octanol–water partition coefficient (Wildman–Crippen LogP) is 3.27. The molecule has 2 rings (SSSR count). The number of thiocarbonyl (C=S) groups is 1. The molecule has 0 aliphatic carbocycles. The number of hydrogen-bond acceptors (Lipinski definition) is 2. The SMILES string of the molecule is Cc1cc(NC(=S)c2ccc(Br)cc2)n[nH]1. The van der Waals surface area contributed by atoms with E-state index in [1.807, 2.05) is 37.3 Å². The van der Waals surface area contributed by atoms with Crippen molar-refractivity contribution in [2.45, 2.75) is 6.92 Å². The van der Waals surface area contributed by atoms with Gasteiger partial charge in [0.05, 0.1) is 0 Å². The van der Waals surface area contributed by atoms with Gasteiger partial charge in [-0.1, -0.05) is 40.3 Å². The molecule has 82 valence electrons. The number of nitrogens with zero attached hydrogens (tertiary/aromatic N) is 1. The van der Waals surface area contributed by atoms with Gasteiger partial charge in [0.25, 0.3) is 0 Å². The number of anilines is 1. The monoisotopic (exact) mass is 295 g/mol. The van der Waals surface area contributed by atoms with Crippen LogP contribution in [-0.2, 0) is 0 Å². The van der Waals surface area contributed by atoms with E-state index in [0.717, 1.165) is 21.5 Å². The summed E-state index contributed by atoms with van der Waals surface area (Å²) < 4.78 is 1.04. The third kappa shape index (κ3) is 2.68. The number of halogens is 1. The summed E-state index contributed by atoms with van der Waals surface area (Å²) in [6.45, 7) is 1.95. The molecule has 0 aliphatic rings. The molecular formula is C11H10BrN3S. The molecule has 1 heterocycles. The highest BCUT2D eigenvalue weighted by atomic mass is 79.9. The van der Waals surface area contributed by atoms with Gasteiger partial charge in [0.1, 0.15) is 4.99 Å². The predicted molar refractivity (Wildman–Crippen MR) is 72.8 cm³/mol. The Hall–Kier alpha value is -1.20. The van der Waals surface area contributed by atoms with Crippen LogP contribution in [0.4, 0.5) is 5.82 Å². The van der Waals surface area contributed by atoms with Crippen LogP contribution in [-0.4, -0.2) is 15.2 Å². The van der Waals surface area contributed by atoms with Gasteiger partial charge in [-0.05, 0) is 19.1 Å². The Labute approximate surface area is 107 Å². The number of benzene rings is 1. The van der Waals surface area contributed by atoms with Crippen LogP contribution in [0.2, 0.25) is 0 Å². The lowest BCUT2D eigenvalue weighted by molar-refractivity contribution is 1.05. The zero-order valence-electron chi connectivity index (χ0n) is 8.62. The molecule has 0 fully saturated rings. The largest absolute Gasteiger partial charge is 0.329 e. The van der Waals surface area contributed by atoms with Gasteiger partial charge < -0.3 is 5.32 Å². The van der Waals surface area contributed by atoms with E-state index in [4.69, 9.17) is 12.2 Å². The standard InChI is InChI=1S/C11H10BrN3S/c1-7-6-10(15-14-7)13-11(16)8-2-4-9(12)5-3-8/h2-6H,1H3,(H2,13,14,15,16). The van der Waals surface area contributed by atoms with Gasteiger partial charge >= 0.3 is 0 Å². The first kappa shape index (κ1) is 11.3. The Balaban J connectivity index is 2.11. The van der Waals surface area contributed by atoms with Gasteiger partial charge in [0.15, 0.2) is 5.82 Å². The van der Waals surface area contributed by atoms with Crippen LogP contribution in [0.25, 0.3) is 0 Å². The zero-order valence-corrected chi connectivity index (χ0v) is 11.0. The molecule has 0 saturated carbocycles. The molecule has 0 bridgehead atoms. The number of aromatic nitrogens is 2. The maximum Gasteiger partial charge on any atom is 0.153 e. The minimum absolute atomic E-state index is 0.666. The fourth-order valence-electron chi connectivity index (χ4n) is 1.27. The maximum absolute atomic E-state index is 5.27. The lowest BCUT2D eigenvalue weighted by atomic mass is 10.2. The highest BCUT2D eigenvalue weighted by Gasteiger charge is 2.03. The summed E-state index contributed by atoms with van der Waals surface area (Å²) in [5.74, 6) is 0.741. The minimum atomic E-state index is 0.666. The van der Waals surface area contributed by atoms with E-state index >= 15 is 0 Å². The second-order valence-electron chi connectivity index (χ2n) is 3.40. The molecule has 0 amide bonds. The molecule has 2 N–H and O–H groups in total. The molecule has 0 aliphatic heterocycles. The molecule has 3 nitrogen and oxygen atoms in total. The van der Waals surface area contributed by atoms with Gasteiger partial charge in [-0.25, -0.2) is 0 Å². The van der Waals surface area contributed by atoms with Crippen LogP contribution in [0.5, 0.6) is 0 Å². The molecule has 0 radical (unpaired) electrons. The van der Waals surface area contributed by atoms with E-state index in [1.54, 1.807) is 0 Å². The van der Waals surface area contributed by atoms with Gasteiger partial charge in [0.2, 0.25) is 0 Å². The molecule has 5 heteroatoms. The summed E-state index contributed by atoms with van der Waals surface area (Å²) >= 11 is 8.66. The smallest absolute Gasteiger partial charge is 0.153 e. The number of aryl methyl sites for hydroxylation is 1. The highest BCUT2D eigenvalue weighted by molar-refractivity contribution is 9.10. The molecule has 0 unspecified atom stereocenters. The van der Waals surface area contributed by atoms with Crippen LogP contribution in [0.15, 0.2) is 34.8 Å². The topological polar surface area (TPSA) is 40.7 Å². The Kier molecular flexibility index (Phi) is 3.36. The number of hydrogen-bond donors (Lipinski definition) is 2. The van der Waals surface area contributed by atoms with Crippen LogP contribution in [0, 0.1) is 6.92 Å². The van der Waals surface area contributed by atoms with Crippen LogP contribution >= 0.6 is 28.1 Å². The normalized spacial score (nSPS) is 10.1. The van der Waals surface area contributed by atoms with E-state index in [2.05, 4.69) is 31.4 Å². The number of aromatic amines is 1. The molecule has 1 aromatic carbocycles. The maximum atomic E-state index is 5.27. The molecule has 0 saturated heterocycles. The first-order valence-corrected chi connectivity index (χ1v) is 5.94. The average Bonchev–Trinajstić information content (AvgIpc) is 2.65. The summed E-state index contributed by atoms with van der Waals surface area (Å²) in [6, 6.07) is 9.74. The summed E-state index contributed by atoms with van der Waals surface area (Å²) in [6.07, 6.45) is 0. The summed E-state index contributed by atoms with van der Waals surface area (Å²) in [5, 5.41) is 9.99. The Morgan fingerprint density at radius 2 is 2.06 bits per heavy atom. The first-order chi connectivity index (χ1) is 7.65. The lowest BCUT2D eigenvalue weighted by Crippen LogP contribution is -2.10. The van der Waals surface area contributed by atoms with Crippen molar-refractivity contribution >= 4 is 39.0 Å². The minimum Gasteiger partial charge on any atom is -0.329 e. The van der Waals surface area contributed by atoms with Gasteiger partial charge in [-0.2, -0.15) is 5.10 Å². The second-order valence-corrected chi connectivity index (χ2v) is 4.72. The molecule has 1 aromatic heterocycles. The summed E-state index contributed by atoms with van der Waals surface area (Å²) in [5.41, 5.74) is 1.97. The van der Waals surface area contributed by atoms with Gasteiger partial charge in [-0.3, -0.25) is 5.10 Å². The van der Waals surface area contributed by atoms with Crippen molar-refractivity contribution < 1.29 is 0 Å². The van der Waals surface area contributed by atoms with Crippen molar-refractivity contribution in [1.29, 1.82) is 0 Å². The van der Waals surface area contributed by atoms with Crippen molar-refractivity contribution in [1.82, 2.24) is 10.2 Å². The number of rotatable bonds is 2. The van der Waals surface area contributed by atoms with E-state index in [0.29, 0.717) is 4.99 Å². The molecule has 0 atom stereocenters. The van der Waals surface area contributed by atoms with E-state index in [9.17, 15) is 0 Å². The number of nitrogens with one attached hydrogen (secondary N) is 2. The first-order valence-electron chi connectivity index (χ1n) is 4.74. The van der Waals surface area contributed by atoms with E-state index < -0.39 is 0 Å². The summed E-state index contributed by atoms with van der Waals surface area (Å²) in [7, 11) is 0. The average molecular weight is 296 g/mol. The molecule has 16 heavy (non-hydrogen) atoms. The second kappa shape index (κ2) is 4.76. The van der Waals surface area contributed by atoms with Crippen molar-refractivity contribution in [2.75, 3.05) is 5.32 Å². The summed E-state index contributed by atoms with van der Waals surface area (Å²) in [4.78, 5) is 0.666. The molecule has 0 spiro atoms. The lowest BCUT2D eigenvalue weighted by Gasteiger charge is -2.04. The van der Waals surface area contributed by atoms with Crippen LogP contribution in [0.1, 0.15) is 11.3 Å². The zero-order chi connectivity index (χ0) is 11.5. The van der Waals surface area contributed by atoms with Crippen LogP contribution < -0.4 is 5.32 Å². The van der Waals surface area contributed by atoms with Gasteiger partial charge in [-0.15, -0.1) is 0 Å². The molecular weight excluding hydrogens is 286 g/mol.